The van der Waals surface area contributed by atoms with Gasteiger partial charge in [-0.2, -0.15) is 0 Å². The van der Waals surface area contributed by atoms with Crippen molar-refractivity contribution in [3.05, 3.63) is 29.8 Å². The first kappa shape index (κ1) is 14.8. The lowest BCUT2D eigenvalue weighted by atomic mass is 9.97. The highest BCUT2D eigenvalue weighted by Gasteiger charge is 2.39. The summed E-state index contributed by atoms with van der Waals surface area (Å²) >= 11 is 0. The number of para-hydroxylation sites is 1. The number of hydrogen-bond donors (Lipinski definition) is 2. The predicted molar refractivity (Wildman–Crippen MR) is 74.6 cm³/mol. The molecule has 0 amide bonds. The first-order chi connectivity index (χ1) is 9.56. The van der Waals surface area contributed by atoms with Gasteiger partial charge in [-0.05, 0) is 19.5 Å². The summed E-state index contributed by atoms with van der Waals surface area (Å²) in [6, 6.07) is 6.95. The number of phenols is 1. The Morgan fingerprint density at radius 1 is 1.45 bits per heavy atom. The van der Waals surface area contributed by atoms with Crippen LogP contribution in [0.15, 0.2) is 24.3 Å². The molecule has 20 heavy (non-hydrogen) atoms. The molecule has 1 aromatic rings. The molecule has 3 unspecified atom stereocenters. The van der Waals surface area contributed by atoms with Crippen molar-refractivity contribution in [2.45, 2.75) is 25.9 Å². The normalized spacial score (nSPS) is 23.9. The van der Waals surface area contributed by atoms with E-state index in [1.54, 1.807) is 12.1 Å². The third-order valence-corrected chi connectivity index (χ3v) is 4.04. The first-order valence-corrected chi connectivity index (χ1v) is 6.90. The van der Waals surface area contributed by atoms with Gasteiger partial charge in [0, 0.05) is 17.6 Å². The van der Waals surface area contributed by atoms with Crippen LogP contribution in [-0.2, 0) is 9.53 Å². The van der Waals surface area contributed by atoms with E-state index in [-0.39, 0.29) is 24.4 Å². The quantitative estimate of drug-likeness (QED) is 0.861. The largest absolute Gasteiger partial charge is 0.508 e. The summed E-state index contributed by atoms with van der Waals surface area (Å²) in [5.74, 6) is -1.09. The number of carboxylic acid groups (broad SMARTS) is 1. The van der Waals surface area contributed by atoms with Gasteiger partial charge in [-0.1, -0.05) is 25.1 Å². The molecular weight excluding hydrogens is 258 g/mol. The van der Waals surface area contributed by atoms with Crippen LogP contribution in [0, 0.1) is 5.92 Å². The molecule has 0 spiro atoms. The average molecular weight is 279 g/mol. The van der Waals surface area contributed by atoms with Gasteiger partial charge < -0.3 is 14.9 Å². The minimum Gasteiger partial charge on any atom is -0.508 e. The van der Waals surface area contributed by atoms with Crippen molar-refractivity contribution < 1.29 is 19.7 Å². The molecule has 2 rings (SSSR count). The molecule has 0 bridgehead atoms. The molecule has 5 heteroatoms. The van der Waals surface area contributed by atoms with E-state index < -0.39 is 11.9 Å². The fourth-order valence-electron chi connectivity index (χ4n) is 2.92. The number of aliphatic carboxylic acids is 1. The summed E-state index contributed by atoms with van der Waals surface area (Å²) in [7, 11) is 0. The lowest BCUT2D eigenvalue weighted by Crippen LogP contribution is -2.44. The van der Waals surface area contributed by atoms with Gasteiger partial charge >= 0.3 is 5.97 Å². The summed E-state index contributed by atoms with van der Waals surface area (Å²) in [5, 5.41) is 19.2. The van der Waals surface area contributed by atoms with E-state index in [9.17, 15) is 15.0 Å². The molecule has 1 heterocycles. The Balaban J connectivity index is 2.24. The van der Waals surface area contributed by atoms with Crippen LogP contribution in [-0.4, -0.2) is 46.9 Å². The van der Waals surface area contributed by atoms with E-state index >= 15 is 0 Å². The number of carbonyl (C=O) groups is 1. The molecule has 0 saturated carbocycles. The van der Waals surface area contributed by atoms with E-state index in [1.807, 2.05) is 26.0 Å². The zero-order chi connectivity index (χ0) is 14.7. The highest BCUT2D eigenvalue weighted by atomic mass is 16.5. The summed E-state index contributed by atoms with van der Waals surface area (Å²) < 4.78 is 5.35. The molecule has 1 aliphatic rings. The van der Waals surface area contributed by atoms with Gasteiger partial charge in [0.25, 0.3) is 0 Å². The standard InChI is InChI=1S/C15H21NO4/c1-3-16(13-9-20-8-12(13)15(18)19)10(2)11-6-4-5-7-14(11)17/h4-7,10,12-13,17H,3,8-9H2,1-2H3,(H,18,19). The lowest BCUT2D eigenvalue weighted by Gasteiger charge is -2.35. The summed E-state index contributed by atoms with van der Waals surface area (Å²) in [5.41, 5.74) is 0.811. The van der Waals surface area contributed by atoms with E-state index in [0.29, 0.717) is 13.2 Å². The Bertz CT molecular complexity index is 477. The molecule has 0 radical (unpaired) electrons. The molecule has 2 N–H and O–H groups in total. The molecule has 0 aromatic heterocycles. The molecule has 3 atom stereocenters. The summed E-state index contributed by atoms with van der Waals surface area (Å²) in [4.78, 5) is 13.4. The van der Waals surface area contributed by atoms with E-state index in [0.717, 1.165) is 5.56 Å². The molecule has 0 aliphatic carbocycles. The van der Waals surface area contributed by atoms with Gasteiger partial charge in [-0.15, -0.1) is 0 Å². The van der Waals surface area contributed by atoms with Crippen LogP contribution in [0.25, 0.3) is 0 Å². The average Bonchev–Trinajstić information content (AvgIpc) is 2.89. The van der Waals surface area contributed by atoms with Crippen molar-refractivity contribution in [2.75, 3.05) is 19.8 Å². The zero-order valence-electron chi connectivity index (χ0n) is 11.8. The van der Waals surface area contributed by atoms with Crippen LogP contribution < -0.4 is 0 Å². The third-order valence-electron chi connectivity index (χ3n) is 4.04. The number of aromatic hydroxyl groups is 1. The van der Waals surface area contributed by atoms with E-state index in [1.165, 1.54) is 0 Å². The zero-order valence-corrected chi connectivity index (χ0v) is 11.8. The highest BCUT2D eigenvalue weighted by molar-refractivity contribution is 5.71. The van der Waals surface area contributed by atoms with Crippen molar-refractivity contribution in [2.24, 2.45) is 5.92 Å². The van der Waals surface area contributed by atoms with Gasteiger partial charge in [0.15, 0.2) is 0 Å². The maximum absolute atomic E-state index is 11.3. The van der Waals surface area contributed by atoms with Crippen LogP contribution in [0.4, 0.5) is 0 Å². The van der Waals surface area contributed by atoms with Crippen molar-refractivity contribution in [1.29, 1.82) is 0 Å². The molecule has 110 valence electrons. The fraction of sp³-hybridized carbons (Fsp3) is 0.533. The number of nitrogens with zero attached hydrogens (tertiary/aromatic N) is 1. The first-order valence-electron chi connectivity index (χ1n) is 6.90. The minimum absolute atomic E-state index is 0.0604. The number of benzene rings is 1. The van der Waals surface area contributed by atoms with Crippen LogP contribution in [0.5, 0.6) is 5.75 Å². The smallest absolute Gasteiger partial charge is 0.310 e. The Labute approximate surface area is 118 Å². The minimum atomic E-state index is -0.824. The number of ether oxygens (including phenoxy) is 1. The van der Waals surface area contributed by atoms with Crippen molar-refractivity contribution in [3.63, 3.8) is 0 Å². The van der Waals surface area contributed by atoms with Crippen molar-refractivity contribution in [3.8, 4) is 5.75 Å². The van der Waals surface area contributed by atoms with Crippen LogP contribution >= 0.6 is 0 Å². The molecule has 1 fully saturated rings. The predicted octanol–water partition coefficient (Wildman–Crippen LogP) is 1.87. The van der Waals surface area contributed by atoms with Crippen LogP contribution in [0.3, 0.4) is 0 Å². The lowest BCUT2D eigenvalue weighted by molar-refractivity contribution is -0.143. The molecule has 1 saturated heterocycles. The molecule has 1 aromatic carbocycles. The fourth-order valence-corrected chi connectivity index (χ4v) is 2.92. The number of rotatable bonds is 5. The number of hydrogen-bond acceptors (Lipinski definition) is 4. The topological polar surface area (TPSA) is 70.0 Å². The van der Waals surface area contributed by atoms with Gasteiger partial charge in [-0.25, -0.2) is 0 Å². The van der Waals surface area contributed by atoms with Crippen LogP contribution in [0.2, 0.25) is 0 Å². The second-order valence-electron chi connectivity index (χ2n) is 5.11. The Hall–Kier alpha value is -1.59. The maximum atomic E-state index is 11.3. The SMILES string of the molecule is CCN(C(C)c1ccccc1O)C1COCC1C(=O)O. The number of carboxylic acids is 1. The van der Waals surface area contributed by atoms with Gasteiger partial charge in [0.05, 0.1) is 19.1 Å². The van der Waals surface area contributed by atoms with Crippen molar-refractivity contribution >= 4 is 5.97 Å². The monoisotopic (exact) mass is 279 g/mol. The third kappa shape index (κ3) is 2.78. The van der Waals surface area contributed by atoms with Gasteiger partial charge in [-0.3, -0.25) is 9.69 Å². The Kier molecular flexibility index (Phi) is 4.62. The second kappa shape index (κ2) is 6.24. The van der Waals surface area contributed by atoms with E-state index in [4.69, 9.17) is 4.74 Å². The molecule has 5 nitrogen and oxygen atoms in total. The number of likely N-dealkylation sites (N-methyl/N-ethyl adjacent to an activating group) is 1. The Morgan fingerprint density at radius 3 is 2.75 bits per heavy atom. The maximum Gasteiger partial charge on any atom is 0.310 e. The highest BCUT2D eigenvalue weighted by Crippen LogP contribution is 2.32. The van der Waals surface area contributed by atoms with E-state index in [2.05, 4.69) is 4.90 Å². The molecule has 1 aliphatic heterocycles. The van der Waals surface area contributed by atoms with Crippen LogP contribution in [0.1, 0.15) is 25.5 Å². The number of phenolic OH excluding ortho intramolecular Hbond substituents is 1. The summed E-state index contributed by atoms with van der Waals surface area (Å²) in [6.07, 6.45) is 0. The van der Waals surface area contributed by atoms with Gasteiger partial charge in [0.1, 0.15) is 5.75 Å². The molecular formula is C15H21NO4. The van der Waals surface area contributed by atoms with Gasteiger partial charge in [0.2, 0.25) is 0 Å². The van der Waals surface area contributed by atoms with Crippen molar-refractivity contribution in [1.82, 2.24) is 4.90 Å². The summed E-state index contributed by atoms with van der Waals surface area (Å²) in [6.45, 7) is 5.35. The Morgan fingerprint density at radius 2 is 2.15 bits per heavy atom. The second-order valence-corrected chi connectivity index (χ2v) is 5.11.